The van der Waals surface area contributed by atoms with Crippen molar-refractivity contribution in [3.63, 3.8) is 0 Å². The summed E-state index contributed by atoms with van der Waals surface area (Å²) in [6, 6.07) is 12.7. The molecule has 2 heterocycles. The first kappa shape index (κ1) is 16.8. The molecule has 122 valence electrons. The van der Waals surface area contributed by atoms with Crippen LogP contribution in [0.3, 0.4) is 0 Å². The van der Waals surface area contributed by atoms with Gasteiger partial charge in [0.1, 0.15) is 4.99 Å². The molecule has 2 unspecified atom stereocenters. The van der Waals surface area contributed by atoms with Gasteiger partial charge in [-0.05, 0) is 30.5 Å². The summed E-state index contributed by atoms with van der Waals surface area (Å²) in [5.74, 6) is 2.14. The standard InChI is InChI=1S/C18H16ClN3OS/c1-18(23)16(22-9-3-2-4-10-22)15(14(11-20)17(24)21-18)12-5-7-13(19)8-6-12/h2-10,15-16,20,23H,1H3/p+1/t15?,16?,18-/m0/s1. The molecule has 1 aliphatic rings. The number of aliphatic hydroxyl groups is 1. The van der Waals surface area contributed by atoms with Crippen LogP contribution in [0.4, 0.5) is 0 Å². The number of piperidine rings is 1. The molecule has 0 radical (unpaired) electrons. The van der Waals surface area contributed by atoms with E-state index in [2.05, 4.69) is 11.2 Å². The van der Waals surface area contributed by atoms with Crippen molar-refractivity contribution in [3.8, 4) is 0 Å². The molecule has 0 spiro atoms. The lowest BCUT2D eigenvalue weighted by Gasteiger charge is -2.40. The van der Waals surface area contributed by atoms with E-state index in [1.54, 1.807) is 19.1 Å². The number of pyridine rings is 1. The van der Waals surface area contributed by atoms with Crippen molar-refractivity contribution in [2.45, 2.75) is 24.6 Å². The topological polar surface area (TPSA) is 60.0 Å². The number of thiocarbonyl (C=S) groups is 1. The number of rotatable bonds is 2. The van der Waals surface area contributed by atoms with Crippen molar-refractivity contribution in [1.29, 1.82) is 5.41 Å². The normalized spacial score (nSPS) is 26.6. The van der Waals surface area contributed by atoms with E-state index in [4.69, 9.17) is 29.2 Å². The zero-order chi connectivity index (χ0) is 17.3. The average molecular weight is 359 g/mol. The molecule has 4 nitrogen and oxygen atoms in total. The van der Waals surface area contributed by atoms with Gasteiger partial charge in [0.05, 0.1) is 11.5 Å². The fraction of sp³-hybridized carbons (Fsp3) is 0.222. The maximum absolute atomic E-state index is 11.0. The Bertz CT molecular complexity index is 814. The molecular weight excluding hydrogens is 342 g/mol. The van der Waals surface area contributed by atoms with Gasteiger partial charge in [-0.3, -0.25) is 5.41 Å². The lowest BCUT2D eigenvalue weighted by molar-refractivity contribution is -0.740. The third-order valence-corrected chi connectivity index (χ3v) is 4.81. The Morgan fingerprint density at radius 3 is 2.46 bits per heavy atom. The van der Waals surface area contributed by atoms with Gasteiger partial charge >= 0.3 is 0 Å². The van der Waals surface area contributed by atoms with Crippen molar-refractivity contribution in [1.82, 2.24) is 5.32 Å². The molecule has 0 aliphatic carbocycles. The highest BCUT2D eigenvalue weighted by atomic mass is 35.5. The van der Waals surface area contributed by atoms with E-state index in [0.717, 1.165) is 5.56 Å². The van der Waals surface area contributed by atoms with E-state index in [1.165, 1.54) is 0 Å². The lowest BCUT2D eigenvalue weighted by Crippen LogP contribution is -2.65. The minimum atomic E-state index is -1.28. The molecule has 0 saturated carbocycles. The number of aromatic nitrogens is 1. The van der Waals surface area contributed by atoms with Crippen LogP contribution in [0.5, 0.6) is 0 Å². The average Bonchev–Trinajstić information content (AvgIpc) is 2.55. The summed E-state index contributed by atoms with van der Waals surface area (Å²) in [5, 5.41) is 22.3. The largest absolute Gasteiger partial charge is 0.366 e. The molecule has 3 N–H and O–H groups in total. The maximum Gasteiger partial charge on any atom is 0.216 e. The molecule has 3 rings (SSSR count). The molecule has 1 saturated heterocycles. The van der Waals surface area contributed by atoms with Gasteiger partial charge in [0, 0.05) is 17.2 Å². The number of hydrogen-bond acceptors (Lipinski definition) is 3. The third kappa shape index (κ3) is 2.99. The SMILES string of the molecule is C[C@@]1(O)NC(=S)C(=C=N)C(c2ccc(Cl)cc2)C1[n+]1ccccc1. The second-order valence-electron chi connectivity index (χ2n) is 5.94. The Balaban J connectivity index is 2.21. The van der Waals surface area contributed by atoms with Gasteiger partial charge in [-0.15, -0.1) is 0 Å². The highest BCUT2D eigenvalue weighted by molar-refractivity contribution is 7.80. The van der Waals surface area contributed by atoms with Gasteiger partial charge in [-0.25, -0.2) is 0 Å². The number of nitrogens with one attached hydrogen (secondary N) is 2. The Hall–Kier alpha value is -2.04. The molecule has 1 fully saturated rings. The van der Waals surface area contributed by atoms with Crippen molar-refractivity contribution in [3.05, 3.63) is 71.0 Å². The predicted octanol–water partition coefficient (Wildman–Crippen LogP) is 2.77. The summed E-state index contributed by atoms with van der Waals surface area (Å²) < 4.78 is 1.92. The van der Waals surface area contributed by atoms with Gasteiger partial charge in [0.15, 0.2) is 18.1 Å². The van der Waals surface area contributed by atoms with E-state index >= 15 is 0 Å². The van der Waals surface area contributed by atoms with Crippen LogP contribution < -0.4 is 9.88 Å². The van der Waals surface area contributed by atoms with Crippen molar-refractivity contribution < 1.29 is 9.67 Å². The summed E-state index contributed by atoms with van der Waals surface area (Å²) >= 11 is 11.4. The summed E-state index contributed by atoms with van der Waals surface area (Å²) in [5.41, 5.74) is 0.174. The number of hydrogen-bond donors (Lipinski definition) is 3. The van der Waals surface area contributed by atoms with Gasteiger partial charge < -0.3 is 10.4 Å². The van der Waals surface area contributed by atoms with Crippen LogP contribution in [0.1, 0.15) is 24.4 Å². The predicted molar refractivity (Wildman–Crippen MR) is 97.5 cm³/mol. The first-order chi connectivity index (χ1) is 11.4. The summed E-state index contributed by atoms with van der Waals surface area (Å²) in [6.45, 7) is 1.69. The highest BCUT2D eigenvalue weighted by Crippen LogP contribution is 2.41. The van der Waals surface area contributed by atoms with Gasteiger partial charge in [-0.1, -0.05) is 42.0 Å². The minimum Gasteiger partial charge on any atom is -0.366 e. The molecule has 0 amide bonds. The molecular formula is C18H17ClN3OS+. The Labute approximate surface area is 150 Å². The van der Waals surface area contributed by atoms with Crippen LogP contribution in [0.15, 0.2) is 60.4 Å². The van der Waals surface area contributed by atoms with E-state index in [0.29, 0.717) is 15.6 Å². The third-order valence-electron chi connectivity index (χ3n) is 4.24. The molecule has 6 heteroatoms. The fourth-order valence-corrected chi connectivity index (χ4v) is 3.72. The minimum absolute atomic E-state index is 0.323. The molecule has 1 aromatic heterocycles. The van der Waals surface area contributed by atoms with E-state index in [9.17, 15) is 5.11 Å². The smallest absolute Gasteiger partial charge is 0.216 e. The van der Waals surface area contributed by atoms with Gasteiger partial charge in [-0.2, -0.15) is 4.57 Å². The van der Waals surface area contributed by atoms with Crippen LogP contribution in [0.25, 0.3) is 0 Å². The van der Waals surface area contributed by atoms with Gasteiger partial charge in [0.2, 0.25) is 6.04 Å². The van der Waals surface area contributed by atoms with Crippen molar-refractivity contribution in [2.75, 3.05) is 0 Å². The zero-order valence-corrected chi connectivity index (χ0v) is 14.6. The monoisotopic (exact) mass is 358 g/mol. The Kier molecular flexibility index (Phi) is 4.52. The molecule has 1 aliphatic heterocycles. The lowest BCUT2D eigenvalue weighted by atomic mass is 9.77. The molecule has 0 bridgehead atoms. The molecule has 24 heavy (non-hydrogen) atoms. The van der Waals surface area contributed by atoms with Crippen LogP contribution in [-0.4, -0.2) is 21.7 Å². The Morgan fingerprint density at radius 2 is 1.88 bits per heavy atom. The van der Waals surface area contributed by atoms with Crippen LogP contribution in [-0.2, 0) is 0 Å². The zero-order valence-electron chi connectivity index (χ0n) is 13.0. The number of nitrogens with zero attached hydrogens (tertiary/aromatic N) is 1. The highest BCUT2D eigenvalue weighted by Gasteiger charge is 2.52. The molecule has 2 aromatic rings. The Morgan fingerprint density at radius 1 is 1.25 bits per heavy atom. The maximum atomic E-state index is 11.0. The first-order valence-corrected chi connectivity index (χ1v) is 8.28. The van der Waals surface area contributed by atoms with Crippen molar-refractivity contribution in [2.24, 2.45) is 0 Å². The first-order valence-electron chi connectivity index (χ1n) is 7.50. The van der Waals surface area contributed by atoms with Crippen LogP contribution in [0, 0.1) is 5.41 Å². The molecule has 1 aromatic carbocycles. The number of benzene rings is 1. The summed E-state index contributed by atoms with van der Waals surface area (Å²) in [4.78, 5) is 0.336. The van der Waals surface area contributed by atoms with Crippen molar-refractivity contribution >= 4 is 34.7 Å². The fourth-order valence-electron chi connectivity index (χ4n) is 3.21. The molecule has 3 atom stereocenters. The van der Waals surface area contributed by atoms with E-state index in [-0.39, 0.29) is 5.92 Å². The van der Waals surface area contributed by atoms with E-state index < -0.39 is 11.8 Å². The number of halogens is 1. The second kappa shape index (κ2) is 6.46. The van der Waals surface area contributed by atoms with E-state index in [1.807, 2.05) is 47.3 Å². The van der Waals surface area contributed by atoms with Crippen LogP contribution >= 0.6 is 23.8 Å². The summed E-state index contributed by atoms with van der Waals surface area (Å²) in [7, 11) is 0. The quantitative estimate of drug-likeness (QED) is 0.335. The summed E-state index contributed by atoms with van der Waals surface area (Å²) in [6.07, 6.45) is 3.78. The second-order valence-corrected chi connectivity index (χ2v) is 6.78. The van der Waals surface area contributed by atoms with Crippen LogP contribution in [0.2, 0.25) is 5.02 Å². The van der Waals surface area contributed by atoms with Gasteiger partial charge in [0.25, 0.3) is 0 Å².